The van der Waals surface area contributed by atoms with Gasteiger partial charge in [0.2, 0.25) is 0 Å². The van der Waals surface area contributed by atoms with Gasteiger partial charge >= 0.3 is 0 Å². The van der Waals surface area contributed by atoms with E-state index in [0.29, 0.717) is 12.1 Å². The first-order chi connectivity index (χ1) is 8.79. The molecule has 1 saturated heterocycles. The maximum atomic E-state index is 4.08. The third-order valence-electron chi connectivity index (χ3n) is 3.84. The molecule has 0 bridgehead atoms. The molecule has 1 aromatic heterocycles. The van der Waals surface area contributed by atoms with Gasteiger partial charge < -0.3 is 9.88 Å². The minimum Gasteiger partial charge on any atom is -0.337 e. The molecular formula is C14H26N4. The lowest BCUT2D eigenvalue weighted by Gasteiger charge is -2.39. The van der Waals surface area contributed by atoms with Crippen LogP contribution in [-0.2, 0) is 6.54 Å². The first-order valence-corrected chi connectivity index (χ1v) is 7.22. The van der Waals surface area contributed by atoms with E-state index in [9.17, 15) is 0 Å². The summed E-state index contributed by atoms with van der Waals surface area (Å²) in [7, 11) is 0. The molecule has 1 fully saturated rings. The highest BCUT2D eigenvalue weighted by Gasteiger charge is 2.23. The maximum Gasteiger partial charge on any atom is 0.0945 e. The van der Waals surface area contributed by atoms with Crippen molar-refractivity contribution in [2.45, 2.75) is 51.7 Å². The van der Waals surface area contributed by atoms with Crippen molar-refractivity contribution in [1.29, 1.82) is 0 Å². The second-order valence-corrected chi connectivity index (χ2v) is 5.39. The number of nitrogens with zero attached hydrogens (tertiary/aromatic N) is 3. The molecule has 102 valence electrons. The van der Waals surface area contributed by atoms with E-state index in [1.165, 1.54) is 32.4 Å². The van der Waals surface area contributed by atoms with Crippen LogP contribution in [0.1, 0.15) is 33.1 Å². The SMILES string of the molecule is CCCC1CN(CCCn2ccnc2)C(C)CN1. The molecule has 1 aromatic rings. The molecule has 2 atom stereocenters. The van der Waals surface area contributed by atoms with E-state index in [4.69, 9.17) is 0 Å². The quantitative estimate of drug-likeness (QED) is 0.835. The zero-order chi connectivity index (χ0) is 12.8. The van der Waals surface area contributed by atoms with Crippen molar-refractivity contribution in [2.75, 3.05) is 19.6 Å². The molecule has 0 amide bonds. The molecule has 4 nitrogen and oxygen atoms in total. The maximum absolute atomic E-state index is 4.08. The summed E-state index contributed by atoms with van der Waals surface area (Å²) in [6.45, 7) is 9.21. The topological polar surface area (TPSA) is 33.1 Å². The predicted molar refractivity (Wildman–Crippen MR) is 74.6 cm³/mol. The van der Waals surface area contributed by atoms with Crippen molar-refractivity contribution in [3.8, 4) is 0 Å². The Morgan fingerprint density at radius 3 is 3.00 bits per heavy atom. The van der Waals surface area contributed by atoms with Crippen molar-refractivity contribution >= 4 is 0 Å². The number of aryl methyl sites for hydroxylation is 1. The highest BCUT2D eigenvalue weighted by molar-refractivity contribution is 4.83. The Morgan fingerprint density at radius 1 is 1.39 bits per heavy atom. The van der Waals surface area contributed by atoms with E-state index in [-0.39, 0.29) is 0 Å². The lowest BCUT2D eigenvalue weighted by atomic mass is 10.1. The van der Waals surface area contributed by atoms with Gasteiger partial charge in [0.15, 0.2) is 0 Å². The van der Waals surface area contributed by atoms with Crippen LogP contribution >= 0.6 is 0 Å². The Morgan fingerprint density at radius 2 is 2.28 bits per heavy atom. The standard InChI is InChI=1S/C14H26N4/c1-3-5-14-11-18(13(2)10-16-14)8-4-7-17-9-6-15-12-17/h6,9,12-14,16H,3-5,7-8,10-11H2,1-2H3. The van der Waals surface area contributed by atoms with E-state index >= 15 is 0 Å². The fraction of sp³-hybridized carbons (Fsp3) is 0.786. The van der Waals surface area contributed by atoms with Crippen LogP contribution in [0.25, 0.3) is 0 Å². The average Bonchev–Trinajstić information content (AvgIpc) is 2.86. The molecular weight excluding hydrogens is 224 g/mol. The molecule has 0 aromatic carbocycles. The van der Waals surface area contributed by atoms with Gasteiger partial charge in [-0.05, 0) is 19.8 Å². The number of nitrogens with one attached hydrogen (secondary N) is 1. The van der Waals surface area contributed by atoms with Crippen LogP contribution in [0.4, 0.5) is 0 Å². The van der Waals surface area contributed by atoms with Gasteiger partial charge in [0.25, 0.3) is 0 Å². The van der Waals surface area contributed by atoms with Crippen molar-refractivity contribution in [3.63, 3.8) is 0 Å². The van der Waals surface area contributed by atoms with Gasteiger partial charge in [0, 0.05) is 50.7 Å². The van der Waals surface area contributed by atoms with E-state index in [1.807, 2.05) is 18.7 Å². The van der Waals surface area contributed by atoms with Crippen LogP contribution in [0.5, 0.6) is 0 Å². The third kappa shape index (κ3) is 3.82. The molecule has 1 N–H and O–H groups in total. The van der Waals surface area contributed by atoms with Gasteiger partial charge in [-0.2, -0.15) is 0 Å². The van der Waals surface area contributed by atoms with Crippen molar-refractivity contribution in [2.24, 2.45) is 0 Å². The largest absolute Gasteiger partial charge is 0.337 e. The molecule has 2 rings (SSSR count). The Balaban J connectivity index is 1.72. The first kappa shape index (κ1) is 13.6. The highest BCUT2D eigenvalue weighted by atomic mass is 15.2. The van der Waals surface area contributed by atoms with Gasteiger partial charge in [-0.25, -0.2) is 4.98 Å². The van der Waals surface area contributed by atoms with Crippen LogP contribution in [0, 0.1) is 0 Å². The third-order valence-corrected chi connectivity index (χ3v) is 3.84. The summed E-state index contributed by atoms with van der Waals surface area (Å²) >= 11 is 0. The van der Waals surface area contributed by atoms with Crippen molar-refractivity contribution in [1.82, 2.24) is 19.8 Å². The number of aromatic nitrogens is 2. The predicted octanol–water partition coefficient (Wildman–Crippen LogP) is 1.74. The van der Waals surface area contributed by atoms with Crippen LogP contribution in [0.15, 0.2) is 18.7 Å². The molecule has 18 heavy (non-hydrogen) atoms. The van der Waals surface area contributed by atoms with Gasteiger partial charge in [-0.1, -0.05) is 13.3 Å². The smallest absolute Gasteiger partial charge is 0.0945 e. The Bertz CT molecular complexity index is 323. The van der Waals surface area contributed by atoms with Crippen LogP contribution in [-0.4, -0.2) is 46.2 Å². The fourth-order valence-electron chi connectivity index (χ4n) is 2.72. The second kappa shape index (κ2) is 6.90. The Hall–Kier alpha value is -0.870. The normalized spacial score (nSPS) is 25.4. The van der Waals surface area contributed by atoms with Gasteiger partial charge in [-0.3, -0.25) is 4.90 Å². The molecule has 2 unspecified atom stereocenters. The lowest BCUT2D eigenvalue weighted by Crippen LogP contribution is -2.55. The summed E-state index contributed by atoms with van der Waals surface area (Å²) in [6, 6.07) is 1.36. The molecule has 0 aliphatic carbocycles. The summed E-state index contributed by atoms with van der Waals surface area (Å²) in [5.74, 6) is 0. The zero-order valence-electron chi connectivity index (χ0n) is 11.7. The number of hydrogen-bond acceptors (Lipinski definition) is 3. The number of rotatable bonds is 6. The molecule has 0 radical (unpaired) electrons. The molecule has 0 saturated carbocycles. The van der Waals surface area contributed by atoms with E-state index in [0.717, 1.165) is 13.1 Å². The molecule has 4 heteroatoms. The summed E-state index contributed by atoms with van der Waals surface area (Å²) in [5, 5.41) is 3.65. The van der Waals surface area contributed by atoms with Crippen molar-refractivity contribution in [3.05, 3.63) is 18.7 Å². The fourth-order valence-corrected chi connectivity index (χ4v) is 2.72. The zero-order valence-corrected chi connectivity index (χ0v) is 11.7. The Labute approximate surface area is 110 Å². The van der Waals surface area contributed by atoms with E-state index in [1.54, 1.807) is 0 Å². The summed E-state index contributed by atoms with van der Waals surface area (Å²) in [4.78, 5) is 6.71. The number of imidazole rings is 1. The van der Waals surface area contributed by atoms with E-state index < -0.39 is 0 Å². The van der Waals surface area contributed by atoms with Crippen LogP contribution in [0.3, 0.4) is 0 Å². The Kier molecular flexibility index (Phi) is 5.20. The molecule has 0 spiro atoms. The van der Waals surface area contributed by atoms with Gasteiger partial charge in [0.1, 0.15) is 0 Å². The summed E-state index contributed by atoms with van der Waals surface area (Å²) in [6.07, 6.45) is 9.58. The lowest BCUT2D eigenvalue weighted by molar-refractivity contribution is 0.134. The summed E-state index contributed by atoms with van der Waals surface area (Å²) < 4.78 is 2.16. The number of hydrogen-bond donors (Lipinski definition) is 1. The van der Waals surface area contributed by atoms with Crippen LogP contribution < -0.4 is 5.32 Å². The minimum absolute atomic E-state index is 0.667. The molecule has 2 heterocycles. The first-order valence-electron chi connectivity index (χ1n) is 7.22. The summed E-state index contributed by atoms with van der Waals surface area (Å²) in [5.41, 5.74) is 0. The minimum atomic E-state index is 0.667. The second-order valence-electron chi connectivity index (χ2n) is 5.39. The van der Waals surface area contributed by atoms with Crippen LogP contribution in [0.2, 0.25) is 0 Å². The average molecular weight is 250 g/mol. The number of piperazine rings is 1. The van der Waals surface area contributed by atoms with Crippen molar-refractivity contribution < 1.29 is 0 Å². The highest BCUT2D eigenvalue weighted by Crippen LogP contribution is 2.11. The van der Waals surface area contributed by atoms with Gasteiger partial charge in [-0.15, -0.1) is 0 Å². The molecule has 1 aliphatic heterocycles. The monoisotopic (exact) mass is 250 g/mol. The van der Waals surface area contributed by atoms with Gasteiger partial charge in [0.05, 0.1) is 6.33 Å². The molecule has 1 aliphatic rings. The van der Waals surface area contributed by atoms with E-state index in [2.05, 4.69) is 33.6 Å².